The highest BCUT2D eigenvalue weighted by molar-refractivity contribution is 5.36. The van der Waals surface area contributed by atoms with Gasteiger partial charge in [-0.3, -0.25) is 0 Å². The smallest absolute Gasteiger partial charge is 0.115 e. The minimum Gasteiger partial charge on any atom is -0.241 e. The Morgan fingerprint density at radius 2 is 1.77 bits per heavy atom. The van der Waals surface area contributed by atoms with Gasteiger partial charge in [-0.2, -0.15) is 0 Å². The van der Waals surface area contributed by atoms with Crippen LogP contribution in [-0.4, -0.2) is 9.97 Å². The van der Waals surface area contributed by atoms with E-state index in [1.165, 1.54) is 36.2 Å². The van der Waals surface area contributed by atoms with E-state index in [4.69, 9.17) is 0 Å². The highest BCUT2D eigenvalue weighted by Crippen LogP contribution is 2.52. The molecule has 0 spiro atoms. The number of aryl methyl sites for hydroxylation is 2. The number of hydrogen-bond donors (Lipinski definition) is 0. The van der Waals surface area contributed by atoms with Gasteiger partial charge in [0.2, 0.25) is 0 Å². The molecule has 0 aromatic carbocycles. The lowest BCUT2D eigenvalue weighted by molar-refractivity contribution is 0.643. The summed E-state index contributed by atoms with van der Waals surface area (Å²) in [6.45, 7) is 6.46. The van der Waals surface area contributed by atoms with Crippen molar-refractivity contribution >= 4 is 0 Å². The first-order valence-corrected chi connectivity index (χ1v) is 4.98. The molecule has 0 unspecified atom stereocenters. The first-order chi connectivity index (χ1) is 6.19. The third-order valence-electron chi connectivity index (χ3n) is 3.29. The van der Waals surface area contributed by atoms with Crippen LogP contribution in [0.15, 0.2) is 6.33 Å². The van der Waals surface area contributed by atoms with Gasteiger partial charge in [0.15, 0.2) is 0 Å². The summed E-state index contributed by atoms with van der Waals surface area (Å²) in [5, 5.41) is 0. The zero-order valence-corrected chi connectivity index (χ0v) is 8.59. The van der Waals surface area contributed by atoms with Crippen LogP contribution < -0.4 is 0 Å². The Morgan fingerprint density at radius 3 is 2.15 bits per heavy atom. The summed E-state index contributed by atoms with van der Waals surface area (Å²) < 4.78 is 0. The van der Waals surface area contributed by atoms with Crippen LogP contribution in [-0.2, 0) is 5.41 Å². The molecule has 0 atom stereocenters. The molecule has 0 radical (unpaired) electrons. The molecule has 1 aliphatic carbocycles. The van der Waals surface area contributed by atoms with Gasteiger partial charge in [-0.05, 0) is 38.5 Å². The van der Waals surface area contributed by atoms with E-state index in [2.05, 4.69) is 30.7 Å². The molecule has 0 N–H and O–H groups in total. The van der Waals surface area contributed by atoms with Crippen molar-refractivity contribution in [3.05, 3.63) is 23.3 Å². The molecule has 1 fully saturated rings. The predicted molar refractivity (Wildman–Crippen MR) is 52.7 cm³/mol. The van der Waals surface area contributed by atoms with Crippen LogP contribution in [0, 0.1) is 13.8 Å². The Bertz CT molecular complexity index is 307. The molecule has 1 aromatic rings. The fraction of sp³-hybridized carbons (Fsp3) is 0.636. The van der Waals surface area contributed by atoms with E-state index in [-0.39, 0.29) is 0 Å². The molecule has 70 valence electrons. The maximum Gasteiger partial charge on any atom is 0.115 e. The van der Waals surface area contributed by atoms with Crippen molar-refractivity contribution in [1.29, 1.82) is 0 Å². The highest BCUT2D eigenvalue weighted by Gasteiger charge is 2.44. The van der Waals surface area contributed by atoms with Crippen LogP contribution >= 0.6 is 0 Å². The predicted octanol–water partition coefficient (Wildman–Crippen LogP) is 2.54. The topological polar surface area (TPSA) is 25.8 Å². The van der Waals surface area contributed by atoms with Crippen LogP contribution in [0.5, 0.6) is 0 Å². The summed E-state index contributed by atoms with van der Waals surface area (Å²) in [7, 11) is 0. The van der Waals surface area contributed by atoms with E-state index in [9.17, 15) is 0 Å². The lowest BCUT2D eigenvalue weighted by Gasteiger charge is -2.16. The zero-order chi connectivity index (χ0) is 9.47. The van der Waals surface area contributed by atoms with Crippen molar-refractivity contribution in [3.8, 4) is 0 Å². The molecular weight excluding hydrogens is 160 g/mol. The van der Waals surface area contributed by atoms with E-state index in [0.717, 1.165) is 0 Å². The summed E-state index contributed by atoms with van der Waals surface area (Å²) in [4.78, 5) is 8.57. The van der Waals surface area contributed by atoms with Gasteiger partial charge in [-0.25, -0.2) is 9.97 Å². The van der Waals surface area contributed by atoms with E-state index in [1.54, 1.807) is 6.33 Å². The number of hydrogen-bond acceptors (Lipinski definition) is 2. The van der Waals surface area contributed by atoms with E-state index in [1.807, 2.05) is 0 Å². The summed E-state index contributed by atoms with van der Waals surface area (Å²) in [6, 6.07) is 0. The molecule has 2 rings (SSSR count). The van der Waals surface area contributed by atoms with Gasteiger partial charge in [0.05, 0.1) is 0 Å². The second-order valence-electron chi connectivity index (χ2n) is 4.05. The Labute approximate surface area is 79.4 Å². The summed E-state index contributed by atoms with van der Waals surface area (Å²) >= 11 is 0. The first-order valence-electron chi connectivity index (χ1n) is 4.98. The Morgan fingerprint density at radius 1 is 1.23 bits per heavy atom. The standard InChI is InChI=1S/C11H16N2/c1-4-11(5-6-11)10-8(2)12-7-13-9(10)3/h7H,4-6H2,1-3H3. The van der Waals surface area contributed by atoms with Crippen molar-refractivity contribution in [2.45, 2.75) is 45.4 Å². The average molecular weight is 176 g/mol. The van der Waals surface area contributed by atoms with Crippen LogP contribution in [0.3, 0.4) is 0 Å². The minimum atomic E-state index is 0.440. The van der Waals surface area contributed by atoms with Gasteiger partial charge in [0.25, 0.3) is 0 Å². The molecule has 1 heterocycles. The third kappa shape index (κ3) is 1.25. The Kier molecular flexibility index (Phi) is 1.86. The largest absolute Gasteiger partial charge is 0.241 e. The van der Waals surface area contributed by atoms with Crippen molar-refractivity contribution in [1.82, 2.24) is 9.97 Å². The molecule has 0 aliphatic heterocycles. The van der Waals surface area contributed by atoms with Crippen molar-refractivity contribution in [3.63, 3.8) is 0 Å². The SMILES string of the molecule is CCC1(c2c(C)ncnc2C)CC1. The fourth-order valence-electron chi connectivity index (χ4n) is 2.29. The molecule has 0 bridgehead atoms. The molecular formula is C11H16N2. The molecule has 2 nitrogen and oxygen atoms in total. The molecule has 1 saturated carbocycles. The molecule has 0 saturated heterocycles. The zero-order valence-electron chi connectivity index (χ0n) is 8.59. The molecule has 2 heteroatoms. The summed E-state index contributed by atoms with van der Waals surface area (Å²) in [5.74, 6) is 0. The van der Waals surface area contributed by atoms with E-state index in [0.29, 0.717) is 5.41 Å². The molecule has 0 amide bonds. The third-order valence-corrected chi connectivity index (χ3v) is 3.29. The van der Waals surface area contributed by atoms with Crippen LogP contribution in [0.1, 0.15) is 43.1 Å². The number of nitrogens with zero attached hydrogens (tertiary/aromatic N) is 2. The first kappa shape index (κ1) is 8.67. The monoisotopic (exact) mass is 176 g/mol. The lowest BCUT2D eigenvalue weighted by atomic mass is 9.91. The Balaban J connectivity index is 2.50. The van der Waals surface area contributed by atoms with Crippen molar-refractivity contribution in [2.75, 3.05) is 0 Å². The average Bonchev–Trinajstić information content (AvgIpc) is 2.85. The van der Waals surface area contributed by atoms with Crippen molar-refractivity contribution < 1.29 is 0 Å². The van der Waals surface area contributed by atoms with Crippen LogP contribution in [0.25, 0.3) is 0 Å². The number of rotatable bonds is 2. The van der Waals surface area contributed by atoms with Gasteiger partial charge < -0.3 is 0 Å². The summed E-state index contributed by atoms with van der Waals surface area (Å²) in [6.07, 6.45) is 5.53. The fourth-order valence-corrected chi connectivity index (χ4v) is 2.29. The van der Waals surface area contributed by atoms with Crippen molar-refractivity contribution in [2.24, 2.45) is 0 Å². The minimum absolute atomic E-state index is 0.440. The normalized spacial score (nSPS) is 18.7. The number of aromatic nitrogens is 2. The van der Waals surface area contributed by atoms with Gasteiger partial charge in [0.1, 0.15) is 6.33 Å². The van der Waals surface area contributed by atoms with E-state index < -0.39 is 0 Å². The van der Waals surface area contributed by atoms with Crippen LogP contribution in [0.2, 0.25) is 0 Å². The Hall–Kier alpha value is -0.920. The van der Waals surface area contributed by atoms with Gasteiger partial charge in [-0.1, -0.05) is 6.92 Å². The molecule has 1 aromatic heterocycles. The van der Waals surface area contributed by atoms with E-state index >= 15 is 0 Å². The van der Waals surface area contributed by atoms with Crippen LogP contribution in [0.4, 0.5) is 0 Å². The summed E-state index contributed by atoms with van der Waals surface area (Å²) in [5.41, 5.74) is 4.20. The van der Waals surface area contributed by atoms with Gasteiger partial charge in [0, 0.05) is 17.0 Å². The van der Waals surface area contributed by atoms with Gasteiger partial charge in [-0.15, -0.1) is 0 Å². The quantitative estimate of drug-likeness (QED) is 0.692. The maximum atomic E-state index is 4.28. The highest BCUT2D eigenvalue weighted by atomic mass is 14.8. The van der Waals surface area contributed by atoms with Gasteiger partial charge >= 0.3 is 0 Å². The second-order valence-corrected chi connectivity index (χ2v) is 4.05. The maximum absolute atomic E-state index is 4.28. The molecule has 13 heavy (non-hydrogen) atoms. The second kappa shape index (κ2) is 2.79. The lowest BCUT2D eigenvalue weighted by Crippen LogP contribution is -2.11. The molecule has 1 aliphatic rings.